The smallest absolute Gasteiger partial charge is 0.124 e. The summed E-state index contributed by atoms with van der Waals surface area (Å²) in [5.74, 6) is 0. The summed E-state index contributed by atoms with van der Waals surface area (Å²) in [6.45, 7) is 2.23. The molecule has 1 saturated carbocycles. The molecule has 106 valence electrons. The van der Waals surface area contributed by atoms with Gasteiger partial charge in [0.15, 0.2) is 0 Å². The van der Waals surface area contributed by atoms with Gasteiger partial charge in [-0.15, -0.1) is 0 Å². The number of likely N-dealkylation sites (tertiary alicyclic amines) is 1. The van der Waals surface area contributed by atoms with Crippen molar-refractivity contribution in [1.82, 2.24) is 4.90 Å². The van der Waals surface area contributed by atoms with Crippen LogP contribution in [0.3, 0.4) is 0 Å². The molecule has 0 spiro atoms. The van der Waals surface area contributed by atoms with Gasteiger partial charge in [0, 0.05) is 19.6 Å². The van der Waals surface area contributed by atoms with E-state index < -0.39 is 6.17 Å². The van der Waals surface area contributed by atoms with Gasteiger partial charge in [0.2, 0.25) is 0 Å². The summed E-state index contributed by atoms with van der Waals surface area (Å²) in [5.41, 5.74) is 0. The molecule has 2 aliphatic rings. The van der Waals surface area contributed by atoms with E-state index in [0.717, 1.165) is 45.3 Å². The first kappa shape index (κ1) is 14.2. The third-order valence-electron chi connectivity index (χ3n) is 3.95. The molecule has 2 N–H and O–H groups in total. The molecule has 4 nitrogen and oxygen atoms in total. The highest BCUT2D eigenvalue weighted by atomic mass is 19.1. The number of rotatable bonds is 6. The predicted octanol–water partition coefficient (Wildman–Crippen LogP) is 0.711. The van der Waals surface area contributed by atoms with Crippen LogP contribution in [-0.2, 0) is 4.74 Å². The van der Waals surface area contributed by atoms with E-state index in [4.69, 9.17) is 9.84 Å². The van der Waals surface area contributed by atoms with Crippen LogP contribution in [0.1, 0.15) is 32.1 Å². The summed E-state index contributed by atoms with van der Waals surface area (Å²) in [6.07, 6.45) is 3.26. The second-order valence-electron chi connectivity index (χ2n) is 5.49. The van der Waals surface area contributed by atoms with Crippen LogP contribution in [0.5, 0.6) is 0 Å². The van der Waals surface area contributed by atoms with Crippen molar-refractivity contribution < 1.29 is 19.3 Å². The number of hydrogen-bond acceptors (Lipinski definition) is 4. The fourth-order valence-electron chi connectivity index (χ4n) is 2.60. The Morgan fingerprint density at radius 1 is 1.22 bits per heavy atom. The van der Waals surface area contributed by atoms with Gasteiger partial charge in [-0.2, -0.15) is 0 Å². The zero-order valence-electron chi connectivity index (χ0n) is 10.8. The molecule has 5 heteroatoms. The Morgan fingerprint density at radius 3 is 2.44 bits per heavy atom. The van der Waals surface area contributed by atoms with Gasteiger partial charge in [-0.25, -0.2) is 4.39 Å². The number of halogens is 1. The molecule has 1 unspecified atom stereocenters. The van der Waals surface area contributed by atoms with Crippen LogP contribution in [0.15, 0.2) is 0 Å². The molecule has 2 rings (SSSR count). The Kier molecular flexibility index (Phi) is 5.36. The van der Waals surface area contributed by atoms with E-state index in [9.17, 15) is 9.50 Å². The van der Waals surface area contributed by atoms with E-state index in [2.05, 4.69) is 4.90 Å². The van der Waals surface area contributed by atoms with E-state index in [1.165, 1.54) is 0 Å². The van der Waals surface area contributed by atoms with Crippen molar-refractivity contribution in [1.29, 1.82) is 0 Å². The molecular weight excluding hydrogens is 237 g/mol. The number of alkyl halides is 1. The molecule has 0 bridgehead atoms. The minimum Gasteiger partial charge on any atom is -0.393 e. The first-order valence-corrected chi connectivity index (χ1v) is 6.98. The average molecular weight is 261 g/mol. The van der Waals surface area contributed by atoms with Crippen LogP contribution in [-0.4, -0.2) is 65.8 Å². The Morgan fingerprint density at radius 2 is 1.89 bits per heavy atom. The Balaban J connectivity index is 1.56. The van der Waals surface area contributed by atoms with Gasteiger partial charge in [-0.05, 0) is 32.1 Å². The first-order valence-electron chi connectivity index (χ1n) is 6.98. The number of nitrogens with zero attached hydrogens (tertiary/aromatic N) is 1. The zero-order valence-corrected chi connectivity index (χ0v) is 10.8. The van der Waals surface area contributed by atoms with E-state index in [-0.39, 0.29) is 18.8 Å². The van der Waals surface area contributed by atoms with Gasteiger partial charge in [0.25, 0.3) is 0 Å². The monoisotopic (exact) mass is 261 g/mol. The quantitative estimate of drug-likeness (QED) is 0.739. The second kappa shape index (κ2) is 6.80. The van der Waals surface area contributed by atoms with Crippen molar-refractivity contribution in [2.75, 3.05) is 26.2 Å². The molecule has 1 atom stereocenters. The molecule has 1 aliphatic heterocycles. The maximum absolute atomic E-state index is 12.9. The van der Waals surface area contributed by atoms with Crippen molar-refractivity contribution in [2.45, 2.75) is 56.6 Å². The second-order valence-corrected chi connectivity index (χ2v) is 5.49. The van der Waals surface area contributed by atoms with Crippen LogP contribution in [0.4, 0.5) is 4.39 Å². The highest BCUT2D eigenvalue weighted by Gasteiger charge is 2.31. The summed E-state index contributed by atoms with van der Waals surface area (Å²) < 4.78 is 18.8. The van der Waals surface area contributed by atoms with E-state index >= 15 is 0 Å². The van der Waals surface area contributed by atoms with Gasteiger partial charge in [0.05, 0.1) is 24.9 Å². The number of aliphatic hydroxyl groups is 2. The standard InChI is InChI=1S/C13H24FNO3/c14-10(9-16)1-4-15-5-2-12(3-6-15)18-13-7-11(17)8-13/h10-13,16-17H,1-9H2. The topological polar surface area (TPSA) is 52.9 Å². The molecule has 0 radical (unpaired) electrons. The van der Waals surface area contributed by atoms with Crippen molar-refractivity contribution in [3.63, 3.8) is 0 Å². The fraction of sp³-hybridized carbons (Fsp3) is 1.00. The molecular formula is C13H24FNO3. The summed E-state index contributed by atoms with van der Waals surface area (Å²) in [5, 5.41) is 17.8. The number of ether oxygens (including phenoxy) is 1. The molecule has 1 saturated heterocycles. The van der Waals surface area contributed by atoms with Crippen LogP contribution in [0, 0.1) is 0 Å². The average Bonchev–Trinajstić information content (AvgIpc) is 2.35. The lowest BCUT2D eigenvalue weighted by atomic mass is 9.92. The lowest BCUT2D eigenvalue weighted by Crippen LogP contribution is -2.43. The van der Waals surface area contributed by atoms with Crippen molar-refractivity contribution >= 4 is 0 Å². The molecule has 2 fully saturated rings. The van der Waals surface area contributed by atoms with E-state index in [1.807, 2.05) is 0 Å². The van der Waals surface area contributed by atoms with Crippen LogP contribution < -0.4 is 0 Å². The van der Waals surface area contributed by atoms with Gasteiger partial charge in [-0.3, -0.25) is 0 Å². The lowest BCUT2D eigenvalue weighted by molar-refractivity contribution is -0.116. The summed E-state index contributed by atoms with van der Waals surface area (Å²) >= 11 is 0. The van der Waals surface area contributed by atoms with Gasteiger partial charge in [0.1, 0.15) is 6.17 Å². The summed E-state index contributed by atoms with van der Waals surface area (Å²) in [7, 11) is 0. The molecule has 0 amide bonds. The normalized spacial score (nSPS) is 32.2. The highest BCUT2D eigenvalue weighted by molar-refractivity contribution is 4.82. The van der Waals surface area contributed by atoms with Gasteiger partial charge >= 0.3 is 0 Å². The van der Waals surface area contributed by atoms with Crippen molar-refractivity contribution in [3.05, 3.63) is 0 Å². The first-order chi connectivity index (χ1) is 8.67. The summed E-state index contributed by atoms with van der Waals surface area (Å²) in [4.78, 5) is 2.23. The van der Waals surface area contributed by atoms with Crippen LogP contribution in [0.2, 0.25) is 0 Å². The fourth-order valence-corrected chi connectivity index (χ4v) is 2.60. The molecule has 0 aromatic carbocycles. The SMILES string of the molecule is OCC(F)CCN1CCC(OC2CC(O)C2)CC1. The zero-order chi connectivity index (χ0) is 13.0. The molecule has 1 heterocycles. The van der Waals surface area contributed by atoms with E-state index in [1.54, 1.807) is 0 Å². The van der Waals surface area contributed by atoms with Crippen LogP contribution >= 0.6 is 0 Å². The van der Waals surface area contributed by atoms with Crippen LogP contribution in [0.25, 0.3) is 0 Å². The van der Waals surface area contributed by atoms with Crippen molar-refractivity contribution in [2.24, 2.45) is 0 Å². The van der Waals surface area contributed by atoms with Gasteiger partial charge < -0.3 is 19.8 Å². The van der Waals surface area contributed by atoms with Gasteiger partial charge in [-0.1, -0.05) is 0 Å². The maximum atomic E-state index is 12.9. The number of aliphatic hydroxyl groups excluding tert-OH is 2. The maximum Gasteiger partial charge on any atom is 0.124 e. The minimum atomic E-state index is -1.09. The third-order valence-corrected chi connectivity index (χ3v) is 3.95. The summed E-state index contributed by atoms with van der Waals surface area (Å²) in [6, 6.07) is 0. The minimum absolute atomic E-state index is 0.157. The Labute approximate surface area is 108 Å². The molecule has 0 aromatic rings. The Hall–Kier alpha value is -0.230. The number of hydrogen-bond donors (Lipinski definition) is 2. The predicted molar refractivity (Wildman–Crippen MR) is 66.2 cm³/mol. The molecule has 0 aromatic heterocycles. The lowest BCUT2D eigenvalue weighted by Gasteiger charge is -2.38. The third kappa shape index (κ3) is 4.16. The molecule has 1 aliphatic carbocycles. The van der Waals surface area contributed by atoms with Crippen molar-refractivity contribution in [3.8, 4) is 0 Å². The number of piperidine rings is 1. The van der Waals surface area contributed by atoms with E-state index in [0.29, 0.717) is 12.5 Å². The largest absolute Gasteiger partial charge is 0.393 e. The Bertz CT molecular complexity index is 240. The molecule has 18 heavy (non-hydrogen) atoms. The highest BCUT2D eigenvalue weighted by Crippen LogP contribution is 2.27.